The predicted molar refractivity (Wildman–Crippen MR) is 84.1 cm³/mol. The van der Waals surface area contributed by atoms with E-state index in [-0.39, 0.29) is 22.3 Å². The lowest BCUT2D eigenvalue weighted by atomic mass is 10.0. The molecule has 0 bridgehead atoms. The molecule has 2 aromatic carbocycles. The third-order valence-electron chi connectivity index (χ3n) is 3.34. The molecule has 0 aliphatic carbocycles. The van der Waals surface area contributed by atoms with E-state index in [0.29, 0.717) is 11.1 Å². The van der Waals surface area contributed by atoms with Crippen molar-refractivity contribution in [2.45, 2.75) is 31.6 Å². The summed E-state index contributed by atoms with van der Waals surface area (Å²) in [6.07, 6.45) is 0. The van der Waals surface area contributed by atoms with E-state index in [2.05, 4.69) is 4.72 Å². The van der Waals surface area contributed by atoms with Gasteiger partial charge in [0.15, 0.2) is 0 Å². The molecule has 2 N–H and O–H groups in total. The molecule has 4 nitrogen and oxygen atoms in total. The van der Waals surface area contributed by atoms with Crippen LogP contribution in [0.15, 0.2) is 41.3 Å². The lowest BCUT2D eigenvalue weighted by Gasteiger charge is -2.16. The minimum absolute atomic E-state index is 0.0597. The summed E-state index contributed by atoms with van der Waals surface area (Å²) in [5, 5.41) is 9.80. The first kappa shape index (κ1) is 16.3. The smallest absolute Gasteiger partial charge is 0.262 e. The van der Waals surface area contributed by atoms with Gasteiger partial charge in [0.25, 0.3) is 10.0 Å². The molecule has 0 unspecified atom stereocenters. The monoisotopic (exact) mass is 323 g/mol. The Balaban J connectivity index is 2.49. The van der Waals surface area contributed by atoms with Crippen molar-refractivity contribution in [3.05, 3.63) is 53.3 Å². The summed E-state index contributed by atoms with van der Waals surface area (Å²) in [4.78, 5) is 0.113. The van der Waals surface area contributed by atoms with Gasteiger partial charge in [0.05, 0.1) is 4.90 Å². The van der Waals surface area contributed by atoms with Crippen LogP contribution in [-0.4, -0.2) is 13.5 Å². The van der Waals surface area contributed by atoms with Crippen LogP contribution in [0, 0.1) is 12.7 Å². The van der Waals surface area contributed by atoms with E-state index in [1.807, 2.05) is 13.8 Å². The first-order valence-electron chi connectivity index (χ1n) is 6.82. The summed E-state index contributed by atoms with van der Waals surface area (Å²) in [6.45, 7) is 5.33. The molecule has 0 heterocycles. The Morgan fingerprint density at radius 1 is 1.14 bits per heavy atom. The molecule has 0 aromatic heterocycles. The van der Waals surface area contributed by atoms with Gasteiger partial charge in [0.1, 0.15) is 11.6 Å². The second kappa shape index (κ2) is 5.96. The summed E-state index contributed by atoms with van der Waals surface area (Å²) in [5.41, 5.74) is 1.28. The Bertz CT molecular complexity index is 784. The molecule has 0 fully saturated rings. The number of hydrogen-bond acceptors (Lipinski definition) is 3. The fourth-order valence-electron chi connectivity index (χ4n) is 2.10. The van der Waals surface area contributed by atoms with Crippen LogP contribution in [0.2, 0.25) is 0 Å². The molecular weight excluding hydrogens is 305 g/mol. The summed E-state index contributed by atoms with van der Waals surface area (Å²) in [6, 6.07) is 7.99. The largest absolute Gasteiger partial charge is 0.508 e. The van der Waals surface area contributed by atoms with Crippen molar-refractivity contribution in [2.75, 3.05) is 4.72 Å². The summed E-state index contributed by atoms with van der Waals surface area (Å²) < 4.78 is 40.5. The van der Waals surface area contributed by atoms with Crippen molar-refractivity contribution in [3.8, 4) is 5.75 Å². The molecule has 6 heteroatoms. The minimum atomic E-state index is -3.82. The van der Waals surface area contributed by atoms with Crippen molar-refractivity contribution in [3.63, 3.8) is 0 Å². The number of sulfonamides is 1. The fraction of sp³-hybridized carbons (Fsp3) is 0.250. The van der Waals surface area contributed by atoms with E-state index in [0.717, 1.165) is 0 Å². The van der Waals surface area contributed by atoms with E-state index >= 15 is 0 Å². The van der Waals surface area contributed by atoms with Crippen LogP contribution in [-0.2, 0) is 10.0 Å². The minimum Gasteiger partial charge on any atom is -0.508 e. The highest BCUT2D eigenvalue weighted by molar-refractivity contribution is 7.92. The molecule has 22 heavy (non-hydrogen) atoms. The van der Waals surface area contributed by atoms with Gasteiger partial charge >= 0.3 is 0 Å². The van der Waals surface area contributed by atoms with Crippen molar-refractivity contribution in [2.24, 2.45) is 0 Å². The SMILES string of the molecule is Cc1cc(S(=O)(=O)Nc2ccc(F)cc2)c(C(C)C)cc1O. The van der Waals surface area contributed by atoms with Gasteiger partial charge in [0.2, 0.25) is 0 Å². The van der Waals surface area contributed by atoms with Gasteiger partial charge in [-0.05, 0) is 60.4 Å². The molecule has 2 aromatic rings. The zero-order chi connectivity index (χ0) is 16.5. The zero-order valence-corrected chi connectivity index (χ0v) is 13.4. The number of phenols is 1. The molecule has 0 saturated heterocycles. The van der Waals surface area contributed by atoms with E-state index in [4.69, 9.17) is 0 Å². The lowest BCUT2D eigenvalue weighted by molar-refractivity contribution is 0.469. The number of anilines is 1. The number of hydrogen-bond donors (Lipinski definition) is 2. The van der Waals surface area contributed by atoms with Gasteiger partial charge in [0, 0.05) is 5.69 Å². The first-order valence-corrected chi connectivity index (χ1v) is 8.31. The normalized spacial score (nSPS) is 11.7. The van der Waals surface area contributed by atoms with Crippen LogP contribution in [0.3, 0.4) is 0 Å². The van der Waals surface area contributed by atoms with E-state index in [1.54, 1.807) is 6.92 Å². The van der Waals surface area contributed by atoms with Crippen LogP contribution in [0.4, 0.5) is 10.1 Å². The van der Waals surface area contributed by atoms with Gasteiger partial charge in [-0.25, -0.2) is 12.8 Å². The highest BCUT2D eigenvalue weighted by Gasteiger charge is 2.22. The Morgan fingerprint density at radius 3 is 2.27 bits per heavy atom. The van der Waals surface area contributed by atoms with E-state index in [9.17, 15) is 17.9 Å². The van der Waals surface area contributed by atoms with Crippen LogP contribution < -0.4 is 4.72 Å². The van der Waals surface area contributed by atoms with Crippen molar-refractivity contribution < 1.29 is 17.9 Å². The van der Waals surface area contributed by atoms with E-state index in [1.165, 1.54) is 36.4 Å². The lowest BCUT2D eigenvalue weighted by Crippen LogP contribution is -2.16. The maximum absolute atomic E-state index is 12.9. The third-order valence-corrected chi connectivity index (χ3v) is 4.77. The molecule has 0 atom stereocenters. The van der Waals surface area contributed by atoms with Crippen LogP contribution >= 0.6 is 0 Å². The van der Waals surface area contributed by atoms with Crippen LogP contribution in [0.5, 0.6) is 5.75 Å². The first-order chi connectivity index (χ1) is 10.2. The second-order valence-electron chi connectivity index (χ2n) is 5.44. The quantitative estimate of drug-likeness (QED) is 0.900. The second-order valence-corrected chi connectivity index (χ2v) is 7.09. The molecule has 0 radical (unpaired) electrons. The standard InChI is InChI=1S/C16H18FNO3S/c1-10(2)14-9-15(19)11(3)8-16(14)22(20,21)18-13-6-4-12(17)5-7-13/h4-10,18-19H,1-3H3. The van der Waals surface area contributed by atoms with Gasteiger partial charge in [-0.15, -0.1) is 0 Å². The number of benzene rings is 2. The molecule has 0 spiro atoms. The van der Waals surface area contributed by atoms with Crippen molar-refractivity contribution in [1.29, 1.82) is 0 Å². The molecule has 0 aliphatic rings. The van der Waals surface area contributed by atoms with Gasteiger partial charge in [-0.2, -0.15) is 0 Å². The Kier molecular flexibility index (Phi) is 4.42. The topological polar surface area (TPSA) is 66.4 Å². The number of aromatic hydroxyl groups is 1. The van der Waals surface area contributed by atoms with Gasteiger partial charge in [-0.3, -0.25) is 4.72 Å². The number of rotatable bonds is 4. The Morgan fingerprint density at radius 2 is 1.73 bits per heavy atom. The maximum Gasteiger partial charge on any atom is 0.262 e. The Hall–Kier alpha value is -2.08. The van der Waals surface area contributed by atoms with Crippen molar-refractivity contribution >= 4 is 15.7 Å². The highest BCUT2D eigenvalue weighted by Crippen LogP contribution is 2.31. The molecule has 0 saturated carbocycles. The molecule has 118 valence electrons. The summed E-state index contributed by atoms with van der Waals surface area (Å²) in [7, 11) is -3.82. The van der Waals surface area contributed by atoms with Gasteiger partial charge in [-0.1, -0.05) is 13.8 Å². The maximum atomic E-state index is 12.9. The average molecular weight is 323 g/mol. The zero-order valence-electron chi connectivity index (χ0n) is 12.6. The number of nitrogens with one attached hydrogen (secondary N) is 1. The van der Waals surface area contributed by atoms with Gasteiger partial charge < -0.3 is 5.11 Å². The van der Waals surface area contributed by atoms with E-state index < -0.39 is 15.8 Å². The number of phenolic OH excluding ortho intramolecular Hbond substituents is 1. The highest BCUT2D eigenvalue weighted by atomic mass is 32.2. The van der Waals surface area contributed by atoms with Crippen LogP contribution in [0.25, 0.3) is 0 Å². The Labute approximate surface area is 129 Å². The number of aryl methyl sites for hydroxylation is 1. The van der Waals surface area contributed by atoms with Crippen molar-refractivity contribution in [1.82, 2.24) is 0 Å². The predicted octanol–water partition coefficient (Wildman–Crippen LogP) is 3.76. The fourth-order valence-corrected chi connectivity index (χ4v) is 3.59. The number of halogens is 1. The summed E-state index contributed by atoms with van der Waals surface area (Å²) in [5.74, 6) is -0.456. The molecule has 2 rings (SSSR count). The molecule has 0 amide bonds. The summed E-state index contributed by atoms with van der Waals surface area (Å²) >= 11 is 0. The third kappa shape index (κ3) is 3.39. The molecular formula is C16H18FNO3S. The molecule has 0 aliphatic heterocycles. The average Bonchev–Trinajstić information content (AvgIpc) is 2.43. The van der Waals surface area contributed by atoms with Crippen LogP contribution in [0.1, 0.15) is 30.9 Å².